The molecule has 7 heteroatoms. The molecule has 1 atom stereocenters. The van der Waals surface area contributed by atoms with Gasteiger partial charge in [0.15, 0.2) is 0 Å². The second-order valence-electron chi connectivity index (χ2n) is 4.57. The summed E-state index contributed by atoms with van der Waals surface area (Å²) in [7, 11) is 0. The molecule has 1 unspecified atom stereocenters. The average molecular weight is 301 g/mol. The van der Waals surface area contributed by atoms with E-state index in [1.54, 1.807) is 0 Å². The molecule has 1 aliphatic heterocycles. The summed E-state index contributed by atoms with van der Waals surface area (Å²) >= 11 is 1.81. The molecule has 1 fully saturated rings. The molecule has 20 heavy (non-hydrogen) atoms. The van der Waals surface area contributed by atoms with Gasteiger partial charge in [-0.15, -0.1) is 0 Å². The van der Waals surface area contributed by atoms with Crippen LogP contribution in [0.1, 0.15) is 30.5 Å². The first-order valence-corrected chi connectivity index (χ1v) is 7.39. The van der Waals surface area contributed by atoms with E-state index in [-0.39, 0.29) is 11.4 Å². The smallest absolute Gasteiger partial charge is 0.368 e. The molecule has 0 spiro atoms. The van der Waals surface area contributed by atoms with Crippen molar-refractivity contribution in [2.45, 2.75) is 30.7 Å². The molecule has 108 valence electrons. The van der Waals surface area contributed by atoms with Crippen molar-refractivity contribution < 1.29 is 13.2 Å². The first-order chi connectivity index (χ1) is 9.50. The Bertz CT molecular complexity index is 505. The predicted octanol–water partition coefficient (Wildman–Crippen LogP) is 3.67. The molecule has 1 saturated heterocycles. The highest BCUT2D eigenvalue weighted by molar-refractivity contribution is 7.99. The molecule has 0 saturated carbocycles. The standard InChI is InChI=1S/C13H14F3N3S/c14-13(15,16)11-5-4-9(7-17)12(19-11)18-8-10-3-1-2-6-20-10/h4-5,10H,1-3,6,8H2,(H,18,19). The Morgan fingerprint density at radius 3 is 2.80 bits per heavy atom. The normalized spacial score (nSPS) is 19.4. The molecule has 2 rings (SSSR count). The van der Waals surface area contributed by atoms with E-state index in [0.717, 1.165) is 30.7 Å². The number of rotatable bonds is 3. The number of thioether (sulfide) groups is 1. The number of pyridine rings is 1. The van der Waals surface area contributed by atoms with Crippen LogP contribution >= 0.6 is 11.8 Å². The third kappa shape index (κ3) is 3.79. The highest BCUT2D eigenvalue weighted by Gasteiger charge is 2.33. The summed E-state index contributed by atoms with van der Waals surface area (Å²) in [4.78, 5) is 3.53. The Morgan fingerprint density at radius 1 is 1.40 bits per heavy atom. The second kappa shape index (κ2) is 6.35. The summed E-state index contributed by atoms with van der Waals surface area (Å²) in [6.07, 6.45) is -1.13. The average Bonchev–Trinajstić information content (AvgIpc) is 2.45. The van der Waals surface area contributed by atoms with Crippen LogP contribution in [0.5, 0.6) is 0 Å². The topological polar surface area (TPSA) is 48.7 Å². The van der Waals surface area contributed by atoms with Crippen molar-refractivity contribution in [3.8, 4) is 6.07 Å². The molecular weight excluding hydrogens is 287 g/mol. The lowest BCUT2D eigenvalue weighted by atomic mass is 10.2. The van der Waals surface area contributed by atoms with E-state index < -0.39 is 11.9 Å². The maximum absolute atomic E-state index is 12.6. The van der Waals surface area contributed by atoms with Gasteiger partial charge in [0.2, 0.25) is 0 Å². The number of nitrogens with zero attached hydrogens (tertiary/aromatic N) is 2. The van der Waals surface area contributed by atoms with E-state index in [9.17, 15) is 13.2 Å². The van der Waals surface area contributed by atoms with Crippen molar-refractivity contribution in [2.24, 2.45) is 0 Å². The lowest BCUT2D eigenvalue weighted by Crippen LogP contribution is -2.21. The second-order valence-corrected chi connectivity index (χ2v) is 5.98. The number of halogens is 3. The number of aromatic nitrogens is 1. The van der Waals surface area contributed by atoms with Gasteiger partial charge in [0.05, 0.1) is 5.56 Å². The van der Waals surface area contributed by atoms with E-state index in [0.29, 0.717) is 11.8 Å². The van der Waals surface area contributed by atoms with E-state index in [1.807, 2.05) is 17.8 Å². The summed E-state index contributed by atoms with van der Waals surface area (Å²) < 4.78 is 37.9. The van der Waals surface area contributed by atoms with Crippen molar-refractivity contribution in [1.29, 1.82) is 5.26 Å². The summed E-state index contributed by atoms with van der Waals surface area (Å²) in [5, 5.41) is 12.2. The van der Waals surface area contributed by atoms with E-state index in [2.05, 4.69) is 10.3 Å². The molecule has 1 N–H and O–H groups in total. The molecule has 1 aromatic rings. The van der Waals surface area contributed by atoms with Crippen LogP contribution in [-0.4, -0.2) is 22.5 Å². The summed E-state index contributed by atoms with van der Waals surface area (Å²) in [5.41, 5.74) is -0.839. The van der Waals surface area contributed by atoms with Gasteiger partial charge < -0.3 is 5.32 Å². The van der Waals surface area contributed by atoms with E-state index in [4.69, 9.17) is 5.26 Å². The van der Waals surface area contributed by atoms with Gasteiger partial charge in [-0.05, 0) is 30.7 Å². The zero-order valence-corrected chi connectivity index (χ0v) is 11.5. The van der Waals surface area contributed by atoms with Crippen LogP contribution in [0, 0.1) is 11.3 Å². The Morgan fingerprint density at radius 2 is 2.20 bits per heavy atom. The minimum Gasteiger partial charge on any atom is -0.368 e. The van der Waals surface area contributed by atoms with Crippen LogP contribution in [0.15, 0.2) is 12.1 Å². The summed E-state index contributed by atoms with van der Waals surface area (Å²) in [6, 6.07) is 3.85. The maximum Gasteiger partial charge on any atom is 0.433 e. The molecule has 0 amide bonds. The van der Waals surface area contributed by atoms with Crippen LogP contribution in [0.4, 0.5) is 19.0 Å². The third-order valence-corrected chi connectivity index (χ3v) is 4.48. The first-order valence-electron chi connectivity index (χ1n) is 6.34. The minimum atomic E-state index is -4.50. The number of hydrogen-bond acceptors (Lipinski definition) is 4. The first kappa shape index (κ1) is 15.0. The Kier molecular flexibility index (Phi) is 4.76. The van der Waals surface area contributed by atoms with Gasteiger partial charge in [-0.25, -0.2) is 4.98 Å². The fraction of sp³-hybridized carbons (Fsp3) is 0.538. The number of nitrogens with one attached hydrogen (secondary N) is 1. The Balaban J connectivity index is 2.10. The fourth-order valence-electron chi connectivity index (χ4n) is 2.02. The molecule has 2 heterocycles. The van der Waals surface area contributed by atoms with E-state index in [1.165, 1.54) is 6.42 Å². The zero-order chi connectivity index (χ0) is 14.6. The van der Waals surface area contributed by atoms with Crippen LogP contribution in [0.25, 0.3) is 0 Å². The fourth-order valence-corrected chi connectivity index (χ4v) is 3.26. The summed E-state index contributed by atoms with van der Waals surface area (Å²) in [6.45, 7) is 0.535. The number of alkyl halides is 3. The van der Waals surface area contributed by atoms with Crippen LogP contribution in [0.3, 0.4) is 0 Å². The molecule has 0 aliphatic carbocycles. The SMILES string of the molecule is N#Cc1ccc(C(F)(F)F)nc1NCC1CCCCS1. The Hall–Kier alpha value is -1.42. The Labute approximate surface area is 119 Å². The van der Waals surface area contributed by atoms with Crippen molar-refractivity contribution in [3.05, 3.63) is 23.4 Å². The van der Waals surface area contributed by atoms with Gasteiger partial charge in [0, 0.05) is 11.8 Å². The predicted molar refractivity (Wildman–Crippen MR) is 72.5 cm³/mol. The molecular formula is C13H14F3N3S. The lowest BCUT2D eigenvalue weighted by molar-refractivity contribution is -0.141. The molecule has 0 aromatic carbocycles. The van der Waals surface area contributed by atoms with E-state index >= 15 is 0 Å². The van der Waals surface area contributed by atoms with Gasteiger partial charge >= 0.3 is 6.18 Å². The van der Waals surface area contributed by atoms with Gasteiger partial charge in [-0.3, -0.25) is 0 Å². The van der Waals surface area contributed by atoms with Crippen molar-refractivity contribution >= 4 is 17.6 Å². The molecule has 3 nitrogen and oxygen atoms in total. The van der Waals surface area contributed by atoms with Crippen molar-refractivity contribution in [1.82, 2.24) is 4.98 Å². The quantitative estimate of drug-likeness (QED) is 0.925. The monoisotopic (exact) mass is 301 g/mol. The van der Waals surface area contributed by atoms with Crippen LogP contribution < -0.4 is 5.32 Å². The number of nitriles is 1. The number of hydrogen-bond donors (Lipinski definition) is 1. The van der Waals surface area contributed by atoms with Crippen molar-refractivity contribution in [2.75, 3.05) is 17.6 Å². The van der Waals surface area contributed by atoms with Gasteiger partial charge in [0.25, 0.3) is 0 Å². The largest absolute Gasteiger partial charge is 0.433 e. The highest BCUT2D eigenvalue weighted by Crippen LogP contribution is 2.30. The molecule has 1 aromatic heterocycles. The maximum atomic E-state index is 12.6. The minimum absolute atomic E-state index is 0.0218. The van der Waals surface area contributed by atoms with Crippen LogP contribution in [0.2, 0.25) is 0 Å². The van der Waals surface area contributed by atoms with Crippen molar-refractivity contribution in [3.63, 3.8) is 0 Å². The highest BCUT2D eigenvalue weighted by atomic mass is 32.2. The number of anilines is 1. The van der Waals surface area contributed by atoms with Crippen LogP contribution in [-0.2, 0) is 6.18 Å². The zero-order valence-electron chi connectivity index (χ0n) is 10.7. The molecule has 0 radical (unpaired) electrons. The third-order valence-electron chi connectivity index (χ3n) is 3.08. The van der Waals surface area contributed by atoms with Gasteiger partial charge in [-0.1, -0.05) is 6.42 Å². The summed E-state index contributed by atoms with van der Waals surface area (Å²) in [5.74, 6) is 1.10. The lowest BCUT2D eigenvalue weighted by Gasteiger charge is -2.22. The molecule has 1 aliphatic rings. The van der Waals surface area contributed by atoms with Gasteiger partial charge in [0.1, 0.15) is 17.6 Å². The molecule has 0 bridgehead atoms. The van der Waals surface area contributed by atoms with Gasteiger partial charge in [-0.2, -0.15) is 30.2 Å².